The van der Waals surface area contributed by atoms with E-state index in [4.69, 9.17) is 15.2 Å². The number of hydrogen-bond acceptors (Lipinski definition) is 3. The molecular formula is C48H101BrN2O2. The highest BCUT2D eigenvalue weighted by atomic mass is 79.9. The zero-order valence-electron chi connectivity index (χ0n) is 38.5. The van der Waals surface area contributed by atoms with Crippen molar-refractivity contribution in [2.75, 3.05) is 53.6 Å². The number of likely N-dealkylation sites (N-methyl/N-ethyl adjacent to an activating group) is 1. The molecule has 4 nitrogen and oxygen atoms in total. The van der Waals surface area contributed by atoms with Gasteiger partial charge in [0.2, 0.25) is 0 Å². The van der Waals surface area contributed by atoms with Crippen LogP contribution in [0.25, 0.3) is 0 Å². The summed E-state index contributed by atoms with van der Waals surface area (Å²) in [6.45, 7) is 29.4. The zero-order chi connectivity index (χ0) is 39.2. The van der Waals surface area contributed by atoms with Crippen molar-refractivity contribution in [1.82, 2.24) is 0 Å². The van der Waals surface area contributed by atoms with Crippen LogP contribution in [0.15, 0.2) is 0 Å². The molecule has 0 fully saturated rings. The molecule has 0 amide bonds. The van der Waals surface area contributed by atoms with Gasteiger partial charge >= 0.3 is 0 Å². The molecule has 0 rings (SSSR count). The number of hydrogen-bond donors (Lipinski definition) is 1. The topological polar surface area (TPSA) is 44.5 Å². The summed E-state index contributed by atoms with van der Waals surface area (Å²) in [5.74, 6) is 6.69. The molecule has 7 atom stereocenters. The monoisotopic (exact) mass is 817 g/mol. The third-order valence-electron chi connectivity index (χ3n) is 12.2. The van der Waals surface area contributed by atoms with E-state index in [1.807, 2.05) is 0 Å². The van der Waals surface area contributed by atoms with Crippen molar-refractivity contribution < 1.29 is 30.9 Å². The predicted octanol–water partition coefficient (Wildman–Crippen LogP) is 10.7. The standard InChI is InChI=1S/C48H101N2O2.BrH/c1-40(2)20-13-22-42(5)24-15-26-44(7)28-17-30-46(9)32-36-51-39-48(38-50(11,12)35-19-34-49)52-37-33-47(10)31-18-29-45(8)27-16-25-43(6)23-14-21-41(3)4;/h40-48H,13-39,49H2,1-12H3;1H/q+1;/p-1. The first-order valence-corrected chi connectivity index (χ1v) is 23.3. The van der Waals surface area contributed by atoms with Gasteiger partial charge in [-0.05, 0) is 66.7 Å². The largest absolute Gasteiger partial charge is 1.00 e. The van der Waals surface area contributed by atoms with Crippen molar-refractivity contribution in [2.24, 2.45) is 53.1 Å². The summed E-state index contributed by atoms with van der Waals surface area (Å²) in [6.07, 6.45) is 28.6. The Kier molecular flexibility index (Phi) is 37.1. The van der Waals surface area contributed by atoms with Crippen LogP contribution in [0.5, 0.6) is 0 Å². The predicted molar refractivity (Wildman–Crippen MR) is 233 cm³/mol. The second-order valence-corrected chi connectivity index (χ2v) is 20.1. The molecule has 2 N–H and O–H groups in total. The number of quaternary nitrogens is 1. The summed E-state index contributed by atoms with van der Waals surface area (Å²) in [5.41, 5.74) is 5.86. The lowest BCUT2D eigenvalue weighted by Gasteiger charge is -2.33. The highest BCUT2D eigenvalue weighted by molar-refractivity contribution is 4.64. The van der Waals surface area contributed by atoms with Gasteiger partial charge in [0.1, 0.15) is 12.6 Å². The minimum absolute atomic E-state index is 0. The van der Waals surface area contributed by atoms with E-state index in [2.05, 4.69) is 83.3 Å². The van der Waals surface area contributed by atoms with E-state index in [1.165, 1.54) is 116 Å². The minimum Gasteiger partial charge on any atom is -1.00 e. The fraction of sp³-hybridized carbons (Fsp3) is 1.00. The molecule has 0 spiro atoms. The molecule has 0 aromatic rings. The number of ether oxygens (including phenoxy) is 2. The van der Waals surface area contributed by atoms with E-state index in [0.29, 0.717) is 6.61 Å². The molecule has 53 heavy (non-hydrogen) atoms. The normalized spacial score (nSPS) is 16.4. The van der Waals surface area contributed by atoms with Gasteiger partial charge in [-0.1, -0.05) is 185 Å². The average Bonchev–Trinajstić information content (AvgIpc) is 3.05. The van der Waals surface area contributed by atoms with E-state index in [0.717, 1.165) is 104 Å². The molecule has 0 saturated heterocycles. The highest BCUT2D eigenvalue weighted by Crippen LogP contribution is 2.24. The number of rotatable bonds is 38. The number of nitrogens with zero attached hydrogens (tertiary/aromatic N) is 1. The summed E-state index contributed by atoms with van der Waals surface area (Å²) < 4.78 is 13.8. The average molecular weight is 818 g/mol. The van der Waals surface area contributed by atoms with Crippen LogP contribution in [0.3, 0.4) is 0 Å². The zero-order valence-corrected chi connectivity index (χ0v) is 40.1. The van der Waals surface area contributed by atoms with Crippen LogP contribution in [0.1, 0.15) is 204 Å². The maximum atomic E-state index is 6.57. The second-order valence-electron chi connectivity index (χ2n) is 20.1. The van der Waals surface area contributed by atoms with Gasteiger partial charge < -0.3 is 36.7 Å². The molecule has 0 saturated carbocycles. The van der Waals surface area contributed by atoms with Crippen molar-refractivity contribution in [3.05, 3.63) is 0 Å². The SMILES string of the molecule is CC(C)CCCC(C)CCCC(C)CCCC(C)CCOCC(C[N+](C)(C)CCCN)OCCC(C)CCCC(C)CCCC(C)CCCC(C)C.[Br-]. The van der Waals surface area contributed by atoms with Crippen LogP contribution < -0.4 is 22.7 Å². The first-order chi connectivity index (χ1) is 24.6. The fourth-order valence-electron chi connectivity index (χ4n) is 8.12. The summed E-state index contributed by atoms with van der Waals surface area (Å²) in [6, 6.07) is 0. The Morgan fingerprint density at radius 3 is 1.09 bits per heavy atom. The van der Waals surface area contributed by atoms with Crippen LogP contribution in [0, 0.1) is 47.3 Å². The Morgan fingerprint density at radius 1 is 0.434 bits per heavy atom. The van der Waals surface area contributed by atoms with Crippen molar-refractivity contribution >= 4 is 0 Å². The Bertz CT molecular complexity index is 762. The van der Waals surface area contributed by atoms with Gasteiger partial charge in [0.15, 0.2) is 0 Å². The van der Waals surface area contributed by atoms with Gasteiger partial charge in [0.25, 0.3) is 0 Å². The van der Waals surface area contributed by atoms with Crippen LogP contribution in [-0.4, -0.2) is 64.1 Å². The van der Waals surface area contributed by atoms with Crippen LogP contribution in [0.2, 0.25) is 0 Å². The van der Waals surface area contributed by atoms with E-state index >= 15 is 0 Å². The van der Waals surface area contributed by atoms with E-state index < -0.39 is 0 Å². The summed E-state index contributed by atoms with van der Waals surface area (Å²) in [7, 11) is 4.64. The van der Waals surface area contributed by atoms with Crippen molar-refractivity contribution in [1.29, 1.82) is 0 Å². The Balaban J connectivity index is 0. The molecular weight excluding hydrogens is 716 g/mol. The first kappa shape index (κ1) is 55.4. The summed E-state index contributed by atoms with van der Waals surface area (Å²) in [5, 5.41) is 0. The van der Waals surface area contributed by atoms with Crippen LogP contribution in [0.4, 0.5) is 0 Å². The molecule has 0 aromatic heterocycles. The van der Waals surface area contributed by atoms with Crippen LogP contribution in [-0.2, 0) is 9.47 Å². The smallest absolute Gasteiger partial charge is 0.130 e. The minimum atomic E-state index is 0. The number of nitrogens with two attached hydrogens (primary N) is 1. The summed E-state index contributed by atoms with van der Waals surface area (Å²) in [4.78, 5) is 0. The van der Waals surface area contributed by atoms with E-state index in [-0.39, 0.29) is 23.1 Å². The number of halogens is 1. The quantitative estimate of drug-likeness (QED) is 0.0499. The second kappa shape index (κ2) is 35.5. The third-order valence-corrected chi connectivity index (χ3v) is 12.2. The van der Waals surface area contributed by atoms with E-state index in [9.17, 15) is 0 Å². The maximum absolute atomic E-state index is 6.57. The molecule has 5 heteroatoms. The van der Waals surface area contributed by atoms with Crippen molar-refractivity contribution in [3.63, 3.8) is 0 Å². The molecule has 0 heterocycles. The molecule has 322 valence electrons. The lowest BCUT2D eigenvalue weighted by molar-refractivity contribution is -0.893. The fourth-order valence-corrected chi connectivity index (χ4v) is 8.12. The Morgan fingerprint density at radius 2 is 0.755 bits per heavy atom. The van der Waals surface area contributed by atoms with Gasteiger partial charge in [0.05, 0.1) is 27.2 Å². The van der Waals surface area contributed by atoms with Gasteiger partial charge in [-0.2, -0.15) is 0 Å². The lowest BCUT2D eigenvalue weighted by atomic mass is 9.91. The Hall–Kier alpha value is 0.320. The first-order valence-electron chi connectivity index (χ1n) is 23.3. The highest BCUT2D eigenvalue weighted by Gasteiger charge is 2.23. The molecule has 0 aliphatic rings. The molecule has 0 aliphatic carbocycles. The van der Waals surface area contributed by atoms with Gasteiger partial charge in [0, 0.05) is 19.6 Å². The van der Waals surface area contributed by atoms with Gasteiger partial charge in [-0.25, -0.2) is 0 Å². The molecule has 7 unspecified atom stereocenters. The van der Waals surface area contributed by atoms with Crippen molar-refractivity contribution in [3.8, 4) is 0 Å². The molecule has 0 aromatic carbocycles. The lowest BCUT2D eigenvalue weighted by Crippen LogP contribution is -3.00. The molecule has 0 bridgehead atoms. The van der Waals surface area contributed by atoms with Gasteiger partial charge in [-0.15, -0.1) is 0 Å². The van der Waals surface area contributed by atoms with Crippen molar-refractivity contribution in [2.45, 2.75) is 210 Å². The molecule has 0 radical (unpaired) electrons. The van der Waals surface area contributed by atoms with Gasteiger partial charge in [-0.3, -0.25) is 0 Å². The maximum Gasteiger partial charge on any atom is 0.130 e. The Labute approximate surface area is 346 Å². The third kappa shape index (κ3) is 37.6. The van der Waals surface area contributed by atoms with Crippen LogP contribution >= 0.6 is 0 Å². The summed E-state index contributed by atoms with van der Waals surface area (Å²) >= 11 is 0. The van der Waals surface area contributed by atoms with E-state index in [1.54, 1.807) is 0 Å². The molecule has 0 aliphatic heterocycles.